The number of rotatable bonds is 4. The Balaban J connectivity index is 1.42. The molecule has 2 aliphatic rings. The minimum Gasteiger partial charge on any atom is -0.374 e. The fraction of sp³-hybridized carbons (Fsp3) is 0.500. The van der Waals surface area contributed by atoms with Crippen LogP contribution in [0.25, 0.3) is 0 Å². The fourth-order valence-electron chi connectivity index (χ4n) is 4.67. The van der Waals surface area contributed by atoms with Crippen LogP contribution in [-0.2, 0) is 13.0 Å². The quantitative estimate of drug-likeness (QED) is 0.798. The van der Waals surface area contributed by atoms with Gasteiger partial charge in [0, 0.05) is 64.3 Å². The van der Waals surface area contributed by atoms with Crippen molar-refractivity contribution in [2.45, 2.75) is 38.1 Å². The molecule has 3 heterocycles. The smallest absolute Gasteiger partial charge is 0.254 e. The van der Waals surface area contributed by atoms with Crippen LogP contribution in [0.4, 0.5) is 5.69 Å². The molecule has 1 unspecified atom stereocenters. The molecule has 2 aliphatic heterocycles. The summed E-state index contributed by atoms with van der Waals surface area (Å²) < 4.78 is 0. The number of piperidine rings is 1. The molecule has 29 heavy (non-hydrogen) atoms. The average molecular weight is 393 g/mol. The maximum atomic E-state index is 12.1. The molecule has 1 atom stereocenters. The molecule has 0 aliphatic carbocycles. The van der Waals surface area contributed by atoms with Crippen molar-refractivity contribution in [3.8, 4) is 0 Å². The van der Waals surface area contributed by atoms with Crippen LogP contribution in [0.5, 0.6) is 0 Å². The Hall–Kier alpha value is -2.40. The maximum Gasteiger partial charge on any atom is 0.254 e. The highest BCUT2D eigenvalue weighted by Gasteiger charge is 2.23. The van der Waals surface area contributed by atoms with E-state index in [4.69, 9.17) is 0 Å². The molecule has 4 rings (SSSR count). The van der Waals surface area contributed by atoms with Gasteiger partial charge in [-0.1, -0.05) is 12.1 Å². The largest absolute Gasteiger partial charge is 0.374 e. The van der Waals surface area contributed by atoms with E-state index in [1.807, 2.05) is 12.1 Å². The van der Waals surface area contributed by atoms with E-state index in [1.165, 1.54) is 42.5 Å². The molecule has 0 spiro atoms. The summed E-state index contributed by atoms with van der Waals surface area (Å²) in [5.41, 5.74) is 6.07. The minimum atomic E-state index is 0.00683. The third kappa shape index (κ3) is 4.45. The van der Waals surface area contributed by atoms with E-state index < -0.39 is 0 Å². The summed E-state index contributed by atoms with van der Waals surface area (Å²) in [6, 6.07) is 11.0. The lowest BCUT2D eigenvalue weighted by molar-refractivity contribution is 0.0827. The Morgan fingerprint density at radius 2 is 2.03 bits per heavy atom. The number of anilines is 1. The van der Waals surface area contributed by atoms with Crippen LogP contribution in [0.15, 0.2) is 36.5 Å². The van der Waals surface area contributed by atoms with E-state index in [0.29, 0.717) is 11.5 Å². The molecule has 0 radical (unpaired) electrons. The molecule has 1 saturated heterocycles. The van der Waals surface area contributed by atoms with Gasteiger partial charge in [-0.3, -0.25) is 14.7 Å². The number of hydrogen-bond donors (Lipinski definition) is 0. The van der Waals surface area contributed by atoms with Crippen molar-refractivity contribution in [2.75, 3.05) is 45.7 Å². The highest BCUT2D eigenvalue weighted by atomic mass is 16.2. The molecule has 5 nitrogen and oxygen atoms in total. The summed E-state index contributed by atoms with van der Waals surface area (Å²) in [5, 5.41) is 0. The molecule has 5 heteroatoms. The molecule has 0 bridgehead atoms. The molecule has 0 N–H and O–H groups in total. The highest BCUT2D eigenvalue weighted by Crippen LogP contribution is 2.29. The SMILES string of the molecule is CN(C)C(=O)c1ccc(C2CCCN(Cc3ccc4c(c3)CCCN4C)C2)nc1. The van der Waals surface area contributed by atoms with Crippen molar-refractivity contribution in [1.82, 2.24) is 14.8 Å². The van der Waals surface area contributed by atoms with E-state index in [0.717, 1.165) is 31.9 Å². The third-order valence-corrected chi connectivity index (χ3v) is 6.26. The van der Waals surface area contributed by atoms with E-state index in [1.54, 1.807) is 25.2 Å². The van der Waals surface area contributed by atoms with Gasteiger partial charge in [0.25, 0.3) is 5.91 Å². The van der Waals surface area contributed by atoms with Gasteiger partial charge in [-0.05, 0) is 61.6 Å². The Morgan fingerprint density at radius 3 is 2.79 bits per heavy atom. The first-order valence-corrected chi connectivity index (χ1v) is 10.7. The van der Waals surface area contributed by atoms with Crippen LogP contribution in [0.3, 0.4) is 0 Å². The Bertz CT molecular complexity index is 862. The zero-order valence-corrected chi connectivity index (χ0v) is 17.9. The Labute approximate surface area is 174 Å². The number of likely N-dealkylation sites (tertiary alicyclic amines) is 1. The van der Waals surface area contributed by atoms with E-state index in [-0.39, 0.29) is 5.91 Å². The number of benzene rings is 1. The van der Waals surface area contributed by atoms with Crippen LogP contribution in [0.2, 0.25) is 0 Å². The van der Waals surface area contributed by atoms with Gasteiger partial charge in [-0.15, -0.1) is 0 Å². The van der Waals surface area contributed by atoms with Crippen LogP contribution in [0.1, 0.15) is 52.4 Å². The molecule has 1 fully saturated rings. The number of pyridine rings is 1. The second-order valence-electron chi connectivity index (χ2n) is 8.73. The zero-order valence-electron chi connectivity index (χ0n) is 17.9. The number of carbonyl (C=O) groups excluding carboxylic acids is 1. The number of aryl methyl sites for hydroxylation is 1. The Morgan fingerprint density at radius 1 is 1.17 bits per heavy atom. The summed E-state index contributed by atoms with van der Waals surface area (Å²) in [6.45, 7) is 4.34. The monoisotopic (exact) mass is 392 g/mol. The predicted octanol–water partition coefficient (Wildman–Crippen LogP) is 3.55. The number of carbonyl (C=O) groups is 1. The van der Waals surface area contributed by atoms with Crippen LogP contribution in [-0.4, -0.2) is 61.5 Å². The van der Waals surface area contributed by atoms with E-state index in [9.17, 15) is 4.79 Å². The van der Waals surface area contributed by atoms with Gasteiger partial charge in [0.2, 0.25) is 0 Å². The summed E-state index contributed by atoms with van der Waals surface area (Å²) in [5.74, 6) is 0.448. The third-order valence-electron chi connectivity index (χ3n) is 6.26. The van der Waals surface area contributed by atoms with Crippen molar-refractivity contribution in [3.63, 3.8) is 0 Å². The van der Waals surface area contributed by atoms with Crippen molar-refractivity contribution in [1.29, 1.82) is 0 Å². The van der Waals surface area contributed by atoms with Crippen LogP contribution >= 0.6 is 0 Å². The van der Waals surface area contributed by atoms with E-state index in [2.05, 4.69) is 40.0 Å². The lowest BCUT2D eigenvalue weighted by Crippen LogP contribution is -2.34. The van der Waals surface area contributed by atoms with E-state index >= 15 is 0 Å². The molecule has 1 aromatic carbocycles. The first kappa shape index (κ1) is 19.9. The van der Waals surface area contributed by atoms with Gasteiger partial charge in [0.1, 0.15) is 0 Å². The Kier molecular flexibility index (Phi) is 5.86. The number of nitrogens with zero attached hydrogens (tertiary/aromatic N) is 4. The first-order chi connectivity index (χ1) is 14.0. The number of amides is 1. The first-order valence-electron chi connectivity index (χ1n) is 10.7. The van der Waals surface area contributed by atoms with Gasteiger partial charge in [-0.2, -0.15) is 0 Å². The molecule has 154 valence electrons. The van der Waals surface area contributed by atoms with Gasteiger partial charge in [-0.25, -0.2) is 0 Å². The van der Waals surface area contributed by atoms with Gasteiger partial charge < -0.3 is 9.80 Å². The summed E-state index contributed by atoms with van der Waals surface area (Å²) in [4.78, 5) is 23.2. The number of fused-ring (bicyclic) bond motifs is 1. The van der Waals surface area contributed by atoms with Crippen LogP contribution < -0.4 is 4.90 Å². The maximum absolute atomic E-state index is 12.1. The number of aromatic nitrogens is 1. The molecular weight excluding hydrogens is 360 g/mol. The van der Waals surface area contributed by atoms with Gasteiger partial charge in [0.05, 0.1) is 5.56 Å². The predicted molar refractivity (Wildman–Crippen MR) is 118 cm³/mol. The lowest BCUT2D eigenvalue weighted by Gasteiger charge is -2.33. The van der Waals surface area contributed by atoms with Crippen LogP contribution in [0, 0.1) is 0 Å². The molecule has 1 amide bonds. The highest BCUT2D eigenvalue weighted by molar-refractivity contribution is 5.93. The standard InChI is InChI=1S/C24H32N4O/c1-26(2)24(29)20-9-10-22(25-15-20)21-7-5-13-28(17-21)16-18-8-11-23-19(14-18)6-4-12-27(23)3/h8-11,14-15,21H,4-7,12-13,16-17H2,1-3H3. The van der Waals surface area contributed by atoms with Gasteiger partial charge >= 0.3 is 0 Å². The summed E-state index contributed by atoms with van der Waals surface area (Å²) in [6.07, 6.45) is 6.53. The fourth-order valence-corrected chi connectivity index (χ4v) is 4.67. The second-order valence-corrected chi connectivity index (χ2v) is 8.73. The topological polar surface area (TPSA) is 39.7 Å². The molecule has 0 saturated carbocycles. The molecule has 1 aromatic heterocycles. The van der Waals surface area contributed by atoms with Crippen molar-refractivity contribution >= 4 is 11.6 Å². The molecule has 2 aromatic rings. The van der Waals surface area contributed by atoms with Crippen molar-refractivity contribution in [3.05, 3.63) is 58.9 Å². The van der Waals surface area contributed by atoms with Crippen molar-refractivity contribution < 1.29 is 4.79 Å². The number of hydrogen-bond acceptors (Lipinski definition) is 4. The summed E-state index contributed by atoms with van der Waals surface area (Å²) in [7, 11) is 5.74. The summed E-state index contributed by atoms with van der Waals surface area (Å²) >= 11 is 0. The lowest BCUT2D eigenvalue weighted by atomic mass is 9.93. The normalized spacial score (nSPS) is 19.7. The second kappa shape index (κ2) is 8.54. The van der Waals surface area contributed by atoms with Gasteiger partial charge in [0.15, 0.2) is 0 Å². The van der Waals surface area contributed by atoms with Crippen molar-refractivity contribution in [2.24, 2.45) is 0 Å². The molecular formula is C24H32N4O. The minimum absolute atomic E-state index is 0.00683. The average Bonchev–Trinajstić information content (AvgIpc) is 2.73. The zero-order chi connectivity index (χ0) is 20.4.